The zero-order valence-corrected chi connectivity index (χ0v) is 10.8. The minimum Gasteiger partial charge on any atom is -0.324 e. The highest BCUT2D eigenvalue weighted by molar-refractivity contribution is 5.26. The van der Waals surface area contributed by atoms with Crippen LogP contribution in [0.3, 0.4) is 0 Å². The molecular formula is C13H23N3. The van der Waals surface area contributed by atoms with Gasteiger partial charge in [-0.05, 0) is 24.2 Å². The van der Waals surface area contributed by atoms with Crippen LogP contribution in [0.4, 0.5) is 0 Å². The van der Waals surface area contributed by atoms with Crippen molar-refractivity contribution >= 4 is 0 Å². The SMILES string of the molecule is CC(C)Cn1cc2c(n1)CC(C)(C)C[C@H]2N. The fourth-order valence-corrected chi connectivity index (χ4v) is 2.62. The van der Waals surface area contributed by atoms with E-state index in [1.165, 1.54) is 11.3 Å². The molecule has 16 heavy (non-hydrogen) atoms. The number of nitrogens with two attached hydrogens (primary N) is 1. The third kappa shape index (κ3) is 2.29. The normalized spacial score (nSPS) is 23.5. The van der Waals surface area contributed by atoms with Crippen LogP contribution in [0.15, 0.2) is 6.20 Å². The van der Waals surface area contributed by atoms with E-state index >= 15 is 0 Å². The molecular weight excluding hydrogens is 198 g/mol. The number of rotatable bonds is 2. The molecule has 0 bridgehead atoms. The third-order valence-corrected chi connectivity index (χ3v) is 3.24. The summed E-state index contributed by atoms with van der Waals surface area (Å²) >= 11 is 0. The molecule has 2 N–H and O–H groups in total. The Morgan fingerprint density at radius 1 is 1.56 bits per heavy atom. The molecule has 0 aromatic carbocycles. The van der Waals surface area contributed by atoms with Gasteiger partial charge in [0, 0.05) is 24.3 Å². The largest absolute Gasteiger partial charge is 0.324 e. The van der Waals surface area contributed by atoms with E-state index in [1.54, 1.807) is 0 Å². The van der Waals surface area contributed by atoms with Crippen molar-refractivity contribution in [2.24, 2.45) is 17.1 Å². The first-order valence-corrected chi connectivity index (χ1v) is 6.19. The van der Waals surface area contributed by atoms with Gasteiger partial charge in [-0.1, -0.05) is 27.7 Å². The van der Waals surface area contributed by atoms with E-state index in [4.69, 9.17) is 5.73 Å². The van der Waals surface area contributed by atoms with Crippen LogP contribution >= 0.6 is 0 Å². The molecule has 0 fully saturated rings. The monoisotopic (exact) mass is 221 g/mol. The van der Waals surface area contributed by atoms with Crippen molar-refractivity contribution in [1.29, 1.82) is 0 Å². The van der Waals surface area contributed by atoms with Crippen molar-refractivity contribution < 1.29 is 0 Å². The van der Waals surface area contributed by atoms with E-state index in [2.05, 4.69) is 43.7 Å². The molecule has 1 aliphatic rings. The Morgan fingerprint density at radius 3 is 2.88 bits per heavy atom. The van der Waals surface area contributed by atoms with E-state index in [1.807, 2.05) is 0 Å². The van der Waals surface area contributed by atoms with Gasteiger partial charge in [0.25, 0.3) is 0 Å². The number of hydrogen-bond acceptors (Lipinski definition) is 2. The molecule has 3 heteroatoms. The molecule has 1 aromatic heterocycles. The molecule has 0 saturated carbocycles. The second-order valence-electron chi connectivity index (χ2n) is 6.30. The van der Waals surface area contributed by atoms with Gasteiger partial charge in [0.1, 0.15) is 0 Å². The highest BCUT2D eigenvalue weighted by Crippen LogP contribution is 2.38. The van der Waals surface area contributed by atoms with Gasteiger partial charge >= 0.3 is 0 Å². The lowest BCUT2D eigenvalue weighted by Crippen LogP contribution is -2.29. The van der Waals surface area contributed by atoms with Crippen LogP contribution in [0.2, 0.25) is 0 Å². The smallest absolute Gasteiger partial charge is 0.0677 e. The lowest BCUT2D eigenvalue weighted by atomic mass is 9.75. The quantitative estimate of drug-likeness (QED) is 0.834. The molecule has 1 heterocycles. The van der Waals surface area contributed by atoms with Crippen molar-refractivity contribution in [3.8, 4) is 0 Å². The Hall–Kier alpha value is -0.830. The number of aromatic nitrogens is 2. The van der Waals surface area contributed by atoms with E-state index in [0.717, 1.165) is 19.4 Å². The van der Waals surface area contributed by atoms with Crippen LogP contribution in [-0.4, -0.2) is 9.78 Å². The van der Waals surface area contributed by atoms with E-state index in [-0.39, 0.29) is 6.04 Å². The molecule has 0 saturated heterocycles. The highest BCUT2D eigenvalue weighted by Gasteiger charge is 2.32. The maximum Gasteiger partial charge on any atom is 0.0677 e. The van der Waals surface area contributed by atoms with Gasteiger partial charge in [0.05, 0.1) is 5.69 Å². The summed E-state index contributed by atoms with van der Waals surface area (Å²) in [6.45, 7) is 9.96. The summed E-state index contributed by atoms with van der Waals surface area (Å²) in [5, 5.41) is 4.67. The molecule has 0 aliphatic heterocycles. The van der Waals surface area contributed by atoms with Gasteiger partial charge in [0.15, 0.2) is 0 Å². The Labute approximate surface area is 98.0 Å². The predicted octanol–water partition coefficient (Wildman–Crippen LogP) is 2.51. The van der Waals surface area contributed by atoms with Crippen LogP contribution in [0.25, 0.3) is 0 Å². The Balaban J connectivity index is 2.27. The average molecular weight is 221 g/mol. The molecule has 0 amide bonds. The lowest BCUT2D eigenvalue weighted by Gasteiger charge is -2.32. The van der Waals surface area contributed by atoms with Gasteiger partial charge in [-0.25, -0.2) is 0 Å². The fraction of sp³-hybridized carbons (Fsp3) is 0.769. The molecule has 0 unspecified atom stereocenters. The van der Waals surface area contributed by atoms with Crippen LogP contribution in [0.1, 0.15) is 51.4 Å². The summed E-state index contributed by atoms with van der Waals surface area (Å²) in [7, 11) is 0. The first-order chi connectivity index (χ1) is 7.37. The van der Waals surface area contributed by atoms with Crippen molar-refractivity contribution in [3.05, 3.63) is 17.5 Å². The molecule has 1 aromatic rings. The lowest BCUT2D eigenvalue weighted by molar-refractivity contribution is 0.280. The third-order valence-electron chi connectivity index (χ3n) is 3.24. The van der Waals surface area contributed by atoms with Crippen LogP contribution in [-0.2, 0) is 13.0 Å². The minimum absolute atomic E-state index is 0.166. The minimum atomic E-state index is 0.166. The summed E-state index contributed by atoms with van der Waals surface area (Å²) < 4.78 is 2.07. The molecule has 0 radical (unpaired) electrons. The summed E-state index contributed by atoms with van der Waals surface area (Å²) in [5.41, 5.74) is 8.98. The Kier molecular flexibility index (Phi) is 2.82. The molecule has 1 atom stereocenters. The van der Waals surface area contributed by atoms with E-state index < -0.39 is 0 Å². The molecule has 1 aliphatic carbocycles. The zero-order chi connectivity index (χ0) is 11.9. The first kappa shape index (κ1) is 11.6. The average Bonchev–Trinajstić information content (AvgIpc) is 2.43. The van der Waals surface area contributed by atoms with Crippen LogP contribution in [0.5, 0.6) is 0 Å². The summed E-state index contributed by atoms with van der Waals surface area (Å²) in [5.74, 6) is 0.630. The number of hydrogen-bond donors (Lipinski definition) is 1. The molecule has 2 rings (SSSR count). The summed E-state index contributed by atoms with van der Waals surface area (Å²) in [6, 6.07) is 0.166. The number of nitrogens with zero attached hydrogens (tertiary/aromatic N) is 2. The van der Waals surface area contributed by atoms with E-state index in [0.29, 0.717) is 11.3 Å². The highest BCUT2D eigenvalue weighted by atomic mass is 15.3. The number of fused-ring (bicyclic) bond motifs is 1. The fourth-order valence-electron chi connectivity index (χ4n) is 2.62. The van der Waals surface area contributed by atoms with Crippen molar-refractivity contribution in [2.45, 2.75) is 53.1 Å². The van der Waals surface area contributed by atoms with Crippen molar-refractivity contribution in [3.63, 3.8) is 0 Å². The topological polar surface area (TPSA) is 43.8 Å². The predicted molar refractivity (Wildman–Crippen MR) is 66.1 cm³/mol. The Morgan fingerprint density at radius 2 is 2.25 bits per heavy atom. The van der Waals surface area contributed by atoms with Gasteiger partial charge in [0.2, 0.25) is 0 Å². The first-order valence-electron chi connectivity index (χ1n) is 6.19. The maximum absolute atomic E-state index is 6.21. The van der Waals surface area contributed by atoms with E-state index in [9.17, 15) is 0 Å². The molecule has 0 spiro atoms. The van der Waals surface area contributed by atoms with Gasteiger partial charge in [-0.15, -0.1) is 0 Å². The molecule has 90 valence electrons. The maximum atomic E-state index is 6.21. The summed E-state index contributed by atoms with van der Waals surface area (Å²) in [4.78, 5) is 0. The van der Waals surface area contributed by atoms with Crippen molar-refractivity contribution in [2.75, 3.05) is 0 Å². The molecule has 3 nitrogen and oxygen atoms in total. The van der Waals surface area contributed by atoms with Gasteiger partial charge in [-0.2, -0.15) is 5.10 Å². The second-order valence-corrected chi connectivity index (χ2v) is 6.30. The Bertz CT molecular complexity index is 377. The standard InChI is InChI=1S/C13H23N3/c1-9(2)7-16-8-10-11(14)5-13(3,4)6-12(10)15-16/h8-9,11H,5-7,14H2,1-4H3/t11-/m1/s1. The zero-order valence-electron chi connectivity index (χ0n) is 10.8. The van der Waals surface area contributed by atoms with Crippen molar-refractivity contribution in [1.82, 2.24) is 9.78 Å². The second kappa shape index (κ2) is 3.88. The van der Waals surface area contributed by atoms with Crippen LogP contribution < -0.4 is 5.73 Å². The van der Waals surface area contributed by atoms with Crippen LogP contribution in [0, 0.1) is 11.3 Å². The van der Waals surface area contributed by atoms with Gasteiger partial charge in [-0.3, -0.25) is 4.68 Å². The summed E-state index contributed by atoms with van der Waals surface area (Å²) in [6.07, 6.45) is 4.27. The van der Waals surface area contributed by atoms with Gasteiger partial charge < -0.3 is 5.73 Å².